The minimum Gasteiger partial charge on any atom is -0.343 e. The van der Waals surface area contributed by atoms with Crippen molar-refractivity contribution in [3.05, 3.63) is 30.0 Å². The summed E-state index contributed by atoms with van der Waals surface area (Å²) in [5, 5.41) is 9.20. The van der Waals surface area contributed by atoms with E-state index in [1.807, 2.05) is 16.7 Å². The second kappa shape index (κ2) is 5.86. The number of fused-ring (bicyclic) bond motifs is 1. The van der Waals surface area contributed by atoms with Crippen LogP contribution in [0, 0.1) is 18.3 Å². The lowest BCUT2D eigenvalue weighted by atomic mass is 10.2. The van der Waals surface area contributed by atoms with Gasteiger partial charge in [0, 0.05) is 40.2 Å². The van der Waals surface area contributed by atoms with Crippen LogP contribution in [0.15, 0.2) is 29.2 Å². The minimum atomic E-state index is -3.78. The highest BCUT2D eigenvalue weighted by molar-refractivity contribution is 8.14. The third kappa shape index (κ3) is 2.82. The van der Waals surface area contributed by atoms with E-state index in [1.165, 1.54) is 0 Å². The summed E-state index contributed by atoms with van der Waals surface area (Å²) in [4.78, 5) is 0.190. The minimum absolute atomic E-state index is 0.190. The maximum absolute atomic E-state index is 11.8. The molecule has 0 aliphatic rings. The Labute approximate surface area is 123 Å². The molecule has 0 fully saturated rings. The highest BCUT2D eigenvalue weighted by atomic mass is 35.7. The summed E-state index contributed by atoms with van der Waals surface area (Å²) in [6, 6.07) is 9.44. The summed E-state index contributed by atoms with van der Waals surface area (Å²) in [7, 11) is 1.78. The van der Waals surface area contributed by atoms with Crippen LogP contribution in [0.3, 0.4) is 0 Å². The maximum Gasteiger partial charge on any atom is 0.263 e. The van der Waals surface area contributed by atoms with E-state index < -0.39 is 9.05 Å². The number of hydrogen-bond donors (Lipinski definition) is 0. The Balaban J connectivity index is 2.50. The van der Waals surface area contributed by atoms with Crippen molar-refractivity contribution in [1.82, 2.24) is 4.57 Å². The van der Waals surface area contributed by atoms with Crippen LogP contribution >= 0.6 is 10.7 Å². The Morgan fingerprint density at radius 2 is 2.00 bits per heavy atom. The summed E-state index contributed by atoms with van der Waals surface area (Å²) in [6.45, 7) is 2.44. The molecule has 0 amide bonds. The molecule has 2 rings (SSSR count). The van der Waals surface area contributed by atoms with Crippen LogP contribution in [0.5, 0.6) is 0 Å². The van der Waals surface area contributed by atoms with Gasteiger partial charge in [-0.1, -0.05) is 18.2 Å². The Hall–Kier alpha value is -1.51. The number of para-hydroxylation sites is 1. The van der Waals surface area contributed by atoms with Crippen molar-refractivity contribution in [3.63, 3.8) is 0 Å². The number of benzene rings is 1. The smallest absolute Gasteiger partial charge is 0.263 e. The second-order valence-electron chi connectivity index (χ2n) is 4.64. The molecular weight excluding hydrogens is 296 g/mol. The van der Waals surface area contributed by atoms with Gasteiger partial charge in [0.05, 0.1) is 6.07 Å². The number of rotatable bonds is 5. The molecule has 1 aromatic carbocycles. The van der Waals surface area contributed by atoms with Gasteiger partial charge in [0.1, 0.15) is 4.90 Å². The predicted octanol–water partition coefficient (Wildman–Crippen LogP) is 3.57. The van der Waals surface area contributed by atoms with Crippen molar-refractivity contribution in [3.8, 4) is 6.07 Å². The van der Waals surface area contributed by atoms with Gasteiger partial charge in [0.25, 0.3) is 9.05 Å². The van der Waals surface area contributed by atoms with E-state index in [0.29, 0.717) is 24.0 Å². The molecule has 0 N–H and O–H groups in total. The van der Waals surface area contributed by atoms with Crippen LogP contribution < -0.4 is 0 Å². The zero-order valence-electron chi connectivity index (χ0n) is 11.1. The summed E-state index contributed by atoms with van der Waals surface area (Å²) < 4.78 is 25.5. The summed E-state index contributed by atoms with van der Waals surface area (Å²) in [5.41, 5.74) is 1.51. The lowest BCUT2D eigenvalue weighted by Gasteiger charge is -2.07. The van der Waals surface area contributed by atoms with Gasteiger partial charge in [-0.3, -0.25) is 0 Å². The van der Waals surface area contributed by atoms with E-state index in [-0.39, 0.29) is 4.90 Å². The molecule has 0 saturated carbocycles. The van der Waals surface area contributed by atoms with Gasteiger partial charge in [0.2, 0.25) is 0 Å². The van der Waals surface area contributed by atoms with Crippen molar-refractivity contribution in [2.24, 2.45) is 0 Å². The zero-order valence-corrected chi connectivity index (χ0v) is 12.7. The first-order valence-electron chi connectivity index (χ1n) is 6.36. The van der Waals surface area contributed by atoms with Gasteiger partial charge < -0.3 is 4.57 Å². The number of unbranched alkanes of at least 4 members (excludes halogenated alkanes) is 2. The molecule has 0 aliphatic carbocycles. The largest absolute Gasteiger partial charge is 0.343 e. The van der Waals surface area contributed by atoms with Gasteiger partial charge in [0.15, 0.2) is 0 Å². The van der Waals surface area contributed by atoms with E-state index >= 15 is 0 Å². The topological polar surface area (TPSA) is 62.9 Å². The average Bonchev–Trinajstić information content (AvgIpc) is 2.67. The molecule has 0 unspecified atom stereocenters. The highest BCUT2D eigenvalue weighted by Gasteiger charge is 2.22. The quantitative estimate of drug-likeness (QED) is 0.626. The molecule has 2 aromatic rings. The second-order valence-corrected chi connectivity index (χ2v) is 7.14. The zero-order chi connectivity index (χ0) is 14.8. The number of halogens is 1. The first kappa shape index (κ1) is 14.9. The highest BCUT2D eigenvalue weighted by Crippen LogP contribution is 2.32. The number of aryl methyl sites for hydroxylation is 1. The first-order valence-corrected chi connectivity index (χ1v) is 8.67. The molecule has 20 heavy (non-hydrogen) atoms. The van der Waals surface area contributed by atoms with Crippen molar-refractivity contribution >= 4 is 30.6 Å². The van der Waals surface area contributed by atoms with E-state index in [4.69, 9.17) is 15.9 Å². The van der Waals surface area contributed by atoms with E-state index in [1.54, 1.807) is 19.1 Å². The van der Waals surface area contributed by atoms with Crippen molar-refractivity contribution in [2.45, 2.75) is 37.6 Å². The fourth-order valence-electron chi connectivity index (χ4n) is 2.47. The summed E-state index contributed by atoms with van der Waals surface area (Å²) in [5.74, 6) is 0. The molecule has 4 nitrogen and oxygen atoms in total. The first-order chi connectivity index (χ1) is 9.46. The number of aromatic nitrogens is 1. The van der Waals surface area contributed by atoms with Crippen molar-refractivity contribution < 1.29 is 8.42 Å². The average molecular weight is 311 g/mol. The van der Waals surface area contributed by atoms with Crippen LogP contribution in [-0.2, 0) is 15.6 Å². The van der Waals surface area contributed by atoms with Crippen LogP contribution in [0.25, 0.3) is 10.9 Å². The third-order valence-electron chi connectivity index (χ3n) is 3.34. The Morgan fingerprint density at radius 1 is 1.30 bits per heavy atom. The van der Waals surface area contributed by atoms with Crippen molar-refractivity contribution in [1.29, 1.82) is 5.26 Å². The Kier molecular flexibility index (Phi) is 4.36. The molecule has 0 saturated heterocycles. The predicted molar refractivity (Wildman–Crippen MR) is 79.2 cm³/mol. The van der Waals surface area contributed by atoms with Crippen molar-refractivity contribution in [2.75, 3.05) is 0 Å². The van der Waals surface area contributed by atoms with Gasteiger partial charge in [-0.05, 0) is 25.8 Å². The summed E-state index contributed by atoms with van der Waals surface area (Å²) >= 11 is 0. The normalized spacial score (nSPS) is 11.7. The van der Waals surface area contributed by atoms with Crippen LogP contribution in [-0.4, -0.2) is 13.0 Å². The molecule has 0 bridgehead atoms. The molecular formula is C14H15ClN2O2S. The molecule has 0 radical (unpaired) electrons. The summed E-state index contributed by atoms with van der Waals surface area (Å²) in [6.07, 6.45) is 2.14. The fraction of sp³-hybridized carbons (Fsp3) is 0.357. The standard InChI is InChI=1S/C14H15ClN2O2S/c1-11-14(20(15,18)19)12-7-3-4-8-13(12)17(11)10-6-2-5-9-16/h3-4,7-8H,2,5-6,10H2,1H3. The van der Waals surface area contributed by atoms with Gasteiger partial charge in [-0.25, -0.2) is 8.42 Å². The number of hydrogen-bond acceptors (Lipinski definition) is 3. The van der Waals surface area contributed by atoms with Crippen LogP contribution in [0.2, 0.25) is 0 Å². The van der Waals surface area contributed by atoms with Crippen LogP contribution in [0.1, 0.15) is 25.0 Å². The Morgan fingerprint density at radius 3 is 2.65 bits per heavy atom. The monoisotopic (exact) mass is 310 g/mol. The SMILES string of the molecule is Cc1c(S(=O)(=O)Cl)c2ccccc2n1CCCCC#N. The van der Waals surface area contributed by atoms with Gasteiger partial charge in [-0.2, -0.15) is 5.26 Å². The van der Waals surface area contributed by atoms with Gasteiger partial charge >= 0.3 is 0 Å². The third-order valence-corrected chi connectivity index (χ3v) is 4.80. The lowest BCUT2D eigenvalue weighted by molar-refractivity contribution is 0.602. The fourth-order valence-corrected chi connectivity index (χ4v) is 3.95. The molecule has 0 atom stereocenters. The maximum atomic E-state index is 11.8. The molecule has 1 heterocycles. The van der Waals surface area contributed by atoms with E-state index in [9.17, 15) is 8.42 Å². The number of nitriles is 1. The molecule has 106 valence electrons. The Bertz CT molecular complexity index is 772. The molecule has 1 aromatic heterocycles. The van der Waals surface area contributed by atoms with Gasteiger partial charge in [-0.15, -0.1) is 0 Å². The lowest BCUT2D eigenvalue weighted by Crippen LogP contribution is -2.02. The van der Waals surface area contributed by atoms with E-state index in [0.717, 1.165) is 18.4 Å². The molecule has 6 heteroatoms. The number of nitrogens with zero attached hydrogens (tertiary/aromatic N) is 2. The van der Waals surface area contributed by atoms with E-state index in [2.05, 4.69) is 6.07 Å². The molecule has 0 spiro atoms. The van der Waals surface area contributed by atoms with Crippen LogP contribution in [0.4, 0.5) is 0 Å². The molecule has 0 aliphatic heterocycles.